The molecule has 4 aromatic heterocycles. The van der Waals surface area contributed by atoms with Gasteiger partial charge in [0, 0.05) is 18.4 Å². The summed E-state index contributed by atoms with van der Waals surface area (Å²) in [5, 5.41) is 3.44. The minimum Gasteiger partial charge on any atom is -0.462 e. The number of rotatable bonds is 14. The van der Waals surface area contributed by atoms with Gasteiger partial charge in [-0.25, -0.2) is 29.5 Å². The zero-order valence-electron chi connectivity index (χ0n) is 34.9. The number of alkyl halides is 3. The second kappa shape index (κ2) is 19.9. The van der Waals surface area contributed by atoms with Crippen molar-refractivity contribution in [2.75, 3.05) is 18.5 Å². The fraction of sp³-hybridized carbons (Fsp3) is 0.227. The van der Waals surface area contributed by atoms with Crippen LogP contribution in [0, 0.1) is 0 Å². The van der Waals surface area contributed by atoms with Crippen LogP contribution in [0.1, 0.15) is 56.8 Å². The molecular formula is C44H38F3N7O11S. The maximum Gasteiger partial charge on any atom is 0.534 e. The summed E-state index contributed by atoms with van der Waals surface area (Å²) < 4.78 is 77.7. The van der Waals surface area contributed by atoms with Crippen molar-refractivity contribution in [2.24, 2.45) is 0 Å². The van der Waals surface area contributed by atoms with Crippen LogP contribution in [-0.2, 0) is 45.6 Å². The number of carbonyl (C=O) groups is 2. The number of nitrogens with zero attached hydrogens (tertiary/aromatic N) is 6. The van der Waals surface area contributed by atoms with E-state index in [1.165, 1.54) is 24.4 Å². The molecule has 0 amide bonds. The van der Waals surface area contributed by atoms with Gasteiger partial charge in [-0.1, -0.05) is 84.9 Å². The minimum atomic E-state index is -6.25. The molecule has 3 aromatic carbocycles. The number of halogens is 3. The molecule has 0 aliphatic heterocycles. The second-order valence-corrected chi connectivity index (χ2v) is 15.7. The van der Waals surface area contributed by atoms with Gasteiger partial charge in [-0.2, -0.15) is 21.6 Å². The highest BCUT2D eigenvalue weighted by atomic mass is 32.2. The van der Waals surface area contributed by atoms with Crippen molar-refractivity contribution >= 4 is 49.8 Å². The predicted octanol–water partition coefficient (Wildman–Crippen LogP) is 5.00. The number of fused-ring (bicyclic) bond motifs is 3. The lowest BCUT2D eigenvalue weighted by atomic mass is 10.1. The first-order valence-corrected chi connectivity index (χ1v) is 21.4. The number of carbonyl (C=O) groups excluding carboxylic acids is 2. The molecule has 66 heavy (non-hydrogen) atoms. The Kier molecular flexibility index (Phi) is 13.9. The van der Waals surface area contributed by atoms with Gasteiger partial charge in [-0.15, -0.1) is 9.46 Å². The Morgan fingerprint density at radius 3 is 1.65 bits per heavy atom. The summed E-state index contributed by atoms with van der Waals surface area (Å²) >= 11 is 0. The number of ether oxygens (including phenoxy) is 2. The fourth-order valence-corrected chi connectivity index (χ4v) is 7.36. The zero-order valence-corrected chi connectivity index (χ0v) is 35.7. The lowest BCUT2D eigenvalue weighted by Gasteiger charge is -2.20. The van der Waals surface area contributed by atoms with Crippen molar-refractivity contribution in [1.29, 1.82) is 0 Å². The Morgan fingerprint density at radius 1 is 0.697 bits per heavy atom. The number of anilines is 1. The maximum absolute atomic E-state index is 13.6. The van der Waals surface area contributed by atoms with Crippen LogP contribution in [0.25, 0.3) is 22.1 Å². The van der Waals surface area contributed by atoms with Gasteiger partial charge in [-0.3, -0.25) is 9.59 Å². The van der Waals surface area contributed by atoms with Crippen LogP contribution in [0.2, 0.25) is 0 Å². The second-order valence-electron chi connectivity index (χ2n) is 14.1. The van der Waals surface area contributed by atoms with Crippen molar-refractivity contribution in [3.8, 4) is 5.75 Å². The molecule has 1 N–H and O–H groups in total. The number of esters is 2. The molecule has 22 heteroatoms. The fourth-order valence-electron chi connectivity index (χ4n) is 6.88. The predicted molar refractivity (Wildman–Crippen MR) is 230 cm³/mol. The van der Waals surface area contributed by atoms with Crippen LogP contribution in [0.3, 0.4) is 0 Å². The molecule has 1 aliphatic rings. The van der Waals surface area contributed by atoms with Gasteiger partial charge in [-0.05, 0) is 48.9 Å². The summed E-state index contributed by atoms with van der Waals surface area (Å²) in [4.78, 5) is 79.1. The van der Waals surface area contributed by atoms with Crippen molar-refractivity contribution in [1.82, 2.24) is 29.4 Å². The van der Waals surface area contributed by atoms with E-state index in [-0.39, 0.29) is 43.7 Å². The summed E-state index contributed by atoms with van der Waals surface area (Å²) in [7, 11) is -6.25. The van der Waals surface area contributed by atoms with Gasteiger partial charge in [0.1, 0.15) is 25.9 Å². The molecule has 0 radical (unpaired) electrons. The van der Waals surface area contributed by atoms with Gasteiger partial charge < -0.3 is 28.6 Å². The molecule has 0 unspecified atom stereocenters. The Hall–Kier alpha value is -7.88. The van der Waals surface area contributed by atoms with Crippen molar-refractivity contribution in [2.45, 2.75) is 51.5 Å². The first kappa shape index (κ1) is 46.1. The third-order valence-corrected chi connectivity index (χ3v) is 10.7. The molecule has 342 valence electrons. The lowest BCUT2D eigenvalue weighted by molar-refractivity contribution is -0.0500. The molecule has 0 atom stereocenters. The summed E-state index contributed by atoms with van der Waals surface area (Å²) in [6.45, 7) is 2.89. The topological polar surface area (TPSA) is 222 Å². The summed E-state index contributed by atoms with van der Waals surface area (Å²) in [6.07, 6.45) is 6.30. The monoisotopic (exact) mass is 929 g/mol. The third kappa shape index (κ3) is 9.92. The third-order valence-electron chi connectivity index (χ3n) is 9.80. The van der Waals surface area contributed by atoms with Crippen molar-refractivity contribution < 1.29 is 54.5 Å². The zero-order chi connectivity index (χ0) is 47.0. The van der Waals surface area contributed by atoms with Gasteiger partial charge in [0.15, 0.2) is 28.2 Å². The van der Waals surface area contributed by atoms with Crippen LogP contribution in [0.15, 0.2) is 120 Å². The Bertz CT molecular complexity index is 3110. The highest BCUT2D eigenvalue weighted by Crippen LogP contribution is 2.33. The van der Waals surface area contributed by atoms with Crippen LogP contribution < -0.4 is 30.3 Å². The largest absolute Gasteiger partial charge is 0.534 e. The Balaban J connectivity index is 0.000000197. The first-order valence-electron chi connectivity index (χ1n) is 20.0. The van der Waals surface area contributed by atoms with E-state index in [4.69, 9.17) is 19.1 Å². The Labute approximate surface area is 372 Å². The van der Waals surface area contributed by atoms with E-state index in [1.807, 2.05) is 42.5 Å². The smallest absolute Gasteiger partial charge is 0.462 e. The molecular weight excluding hydrogens is 892 g/mol. The molecule has 8 rings (SSSR count). The average molecular weight is 930 g/mol. The van der Waals surface area contributed by atoms with Gasteiger partial charge >= 0.3 is 38.7 Å². The van der Waals surface area contributed by atoms with E-state index in [9.17, 15) is 40.8 Å². The van der Waals surface area contributed by atoms with Gasteiger partial charge in [0.25, 0.3) is 0 Å². The van der Waals surface area contributed by atoms with Crippen LogP contribution in [-0.4, -0.2) is 74.5 Å². The Morgan fingerprint density at radius 2 is 1.15 bits per heavy atom. The van der Waals surface area contributed by atoms with Crippen molar-refractivity contribution in [3.05, 3.63) is 164 Å². The number of hydrogen-bond acceptors (Lipinski definition) is 16. The molecule has 7 aromatic rings. The first-order chi connectivity index (χ1) is 31.7. The summed E-state index contributed by atoms with van der Waals surface area (Å²) in [6, 6.07) is 26.2. The van der Waals surface area contributed by atoms with Crippen molar-refractivity contribution in [3.63, 3.8) is 0 Å². The maximum atomic E-state index is 13.6. The molecule has 0 bridgehead atoms. The number of aromatic nitrogens is 6. The van der Waals surface area contributed by atoms with Crippen LogP contribution in [0.4, 0.5) is 18.9 Å². The molecule has 0 saturated heterocycles. The van der Waals surface area contributed by atoms with E-state index in [2.05, 4.69) is 41.6 Å². The molecule has 0 spiro atoms. The van der Waals surface area contributed by atoms with E-state index >= 15 is 0 Å². The highest BCUT2D eigenvalue weighted by molar-refractivity contribution is 7.88. The van der Waals surface area contributed by atoms with Crippen LogP contribution in [0.5, 0.6) is 5.75 Å². The van der Waals surface area contributed by atoms with Gasteiger partial charge in [0.2, 0.25) is 0 Å². The van der Waals surface area contributed by atoms with E-state index < -0.39 is 61.0 Å². The number of nitrogens with one attached hydrogen (secondary N) is 1. The minimum absolute atomic E-state index is 0.00877. The summed E-state index contributed by atoms with van der Waals surface area (Å²) in [5.74, 6) is -3.36. The normalized spacial score (nSPS) is 12.4. The number of benzene rings is 3. The quantitative estimate of drug-likeness (QED) is 0.0861. The number of pyridine rings is 2. The molecule has 1 aliphatic carbocycles. The molecule has 0 saturated carbocycles. The molecule has 18 nitrogen and oxygen atoms in total. The SMILES string of the molecule is CCOC(=O)c1c(NC2Cc3ccccc3C2)c2cncnc2n(OCc2ccccc2)c1=O.CCOC(=O)c1c(OS(=O)(=O)C(F)(F)F)c2cncnc2n(OCc2ccccc2)c1=O. The lowest BCUT2D eigenvalue weighted by Crippen LogP contribution is -2.35. The standard InChI is InChI=1S/C26H24N4O4.C18H14F3N3O7S/c1-2-33-26(32)22-23(29-20-12-18-10-6-7-11-19(18)13-20)21-14-27-16-28-24(21)30(25(22)31)34-15-17-8-4-3-5-9-17;1-2-29-17(26)13-14(31-32(27,28)18(19,20)21)12-8-22-10-23-15(12)24(16(13)25)30-9-11-6-4-3-5-7-11/h3-11,14,16,20,29H,2,12-13,15H2,1H3;3-8,10H,2,9H2,1H3. The van der Waals surface area contributed by atoms with E-state index in [0.29, 0.717) is 21.4 Å². The van der Waals surface area contributed by atoms with Gasteiger partial charge in [0.05, 0.1) is 29.7 Å². The summed E-state index contributed by atoms with van der Waals surface area (Å²) in [5.41, 5.74) is -4.84. The van der Waals surface area contributed by atoms with E-state index in [1.54, 1.807) is 43.5 Å². The molecule has 4 heterocycles. The number of hydrogen-bond donors (Lipinski definition) is 1. The average Bonchev–Trinajstić information content (AvgIpc) is 3.72. The highest BCUT2D eigenvalue weighted by Gasteiger charge is 2.49. The van der Waals surface area contributed by atoms with Crippen LogP contribution >= 0.6 is 0 Å². The molecule has 0 fully saturated rings. The van der Waals surface area contributed by atoms with E-state index in [0.717, 1.165) is 35.7 Å².